The molecule has 0 aliphatic rings. The summed E-state index contributed by atoms with van der Waals surface area (Å²) in [6, 6.07) is 0. The summed E-state index contributed by atoms with van der Waals surface area (Å²) in [6.07, 6.45) is -3.12. The maximum absolute atomic E-state index is 12.2. The van der Waals surface area contributed by atoms with E-state index in [4.69, 9.17) is 5.11 Å². The summed E-state index contributed by atoms with van der Waals surface area (Å²) in [7, 11) is 0. The number of aliphatic carboxylic acids is 1. The molecule has 0 aromatic rings. The molecule has 0 rings (SSSR count). The first kappa shape index (κ1) is 16.7. The maximum Gasteiger partial charge on any atom is 0.401 e. The van der Waals surface area contributed by atoms with Gasteiger partial charge in [0.1, 0.15) is 6.54 Å². The number of unbranched alkanes of at least 4 members (excludes halogenated alkanes) is 1. The third-order valence-corrected chi connectivity index (χ3v) is 2.03. The number of hydrogen-bond donors (Lipinski definition) is 2. The third-order valence-electron chi connectivity index (χ3n) is 2.03. The van der Waals surface area contributed by atoms with Crippen LogP contribution in [0.2, 0.25) is 0 Å². The molecule has 0 bridgehead atoms. The molecule has 0 radical (unpaired) electrons. The Morgan fingerprint density at radius 2 is 1.94 bits per heavy atom. The van der Waals surface area contributed by atoms with Gasteiger partial charge < -0.3 is 10.4 Å². The van der Waals surface area contributed by atoms with Crippen LogP contribution in [-0.2, 0) is 9.59 Å². The van der Waals surface area contributed by atoms with Gasteiger partial charge in [-0.1, -0.05) is 13.3 Å². The molecule has 0 aliphatic carbocycles. The van der Waals surface area contributed by atoms with Gasteiger partial charge in [-0.05, 0) is 13.0 Å². The summed E-state index contributed by atoms with van der Waals surface area (Å²) in [5, 5.41) is 10.3. The van der Waals surface area contributed by atoms with Crippen molar-refractivity contribution in [2.45, 2.75) is 25.9 Å². The van der Waals surface area contributed by atoms with Crippen molar-refractivity contribution in [2.24, 2.45) is 0 Å². The van der Waals surface area contributed by atoms with E-state index in [1.165, 1.54) is 0 Å². The summed E-state index contributed by atoms with van der Waals surface area (Å²) in [4.78, 5) is 22.4. The van der Waals surface area contributed by atoms with E-state index in [1.54, 1.807) is 0 Å². The molecule has 18 heavy (non-hydrogen) atoms. The Morgan fingerprint density at radius 3 is 2.39 bits per heavy atom. The SMILES string of the molecule is CCCCN(CC(=O)NCC(=O)O)CC(F)(F)F. The second-order valence-corrected chi connectivity index (χ2v) is 3.85. The van der Waals surface area contributed by atoms with E-state index in [0.717, 1.165) is 4.90 Å². The highest BCUT2D eigenvalue weighted by Gasteiger charge is 2.31. The highest BCUT2D eigenvalue weighted by molar-refractivity contribution is 5.82. The second-order valence-electron chi connectivity index (χ2n) is 3.85. The van der Waals surface area contributed by atoms with Crippen LogP contribution in [0.5, 0.6) is 0 Å². The summed E-state index contributed by atoms with van der Waals surface area (Å²) >= 11 is 0. The number of amides is 1. The average molecular weight is 270 g/mol. The van der Waals surface area contributed by atoms with Gasteiger partial charge in [0, 0.05) is 0 Å². The minimum Gasteiger partial charge on any atom is -0.480 e. The van der Waals surface area contributed by atoms with Gasteiger partial charge in [-0.2, -0.15) is 13.2 Å². The number of alkyl halides is 3. The first-order valence-corrected chi connectivity index (χ1v) is 5.52. The molecular formula is C10H17F3N2O3. The lowest BCUT2D eigenvalue weighted by atomic mass is 10.3. The fraction of sp³-hybridized carbons (Fsp3) is 0.800. The Labute approximate surface area is 103 Å². The Balaban J connectivity index is 4.21. The van der Waals surface area contributed by atoms with E-state index < -0.39 is 37.7 Å². The highest BCUT2D eigenvalue weighted by atomic mass is 19.4. The van der Waals surface area contributed by atoms with Crippen molar-refractivity contribution >= 4 is 11.9 Å². The van der Waals surface area contributed by atoms with Crippen LogP contribution in [0.1, 0.15) is 19.8 Å². The van der Waals surface area contributed by atoms with Gasteiger partial charge in [0.25, 0.3) is 0 Å². The van der Waals surface area contributed by atoms with Crippen LogP contribution in [-0.4, -0.2) is 54.2 Å². The molecule has 0 saturated carbocycles. The van der Waals surface area contributed by atoms with Crippen molar-refractivity contribution in [3.63, 3.8) is 0 Å². The zero-order valence-electron chi connectivity index (χ0n) is 10.1. The zero-order valence-corrected chi connectivity index (χ0v) is 10.1. The Morgan fingerprint density at radius 1 is 1.33 bits per heavy atom. The van der Waals surface area contributed by atoms with Crippen molar-refractivity contribution in [3.8, 4) is 0 Å². The molecule has 0 saturated heterocycles. The van der Waals surface area contributed by atoms with Crippen LogP contribution in [0.25, 0.3) is 0 Å². The quantitative estimate of drug-likeness (QED) is 0.686. The fourth-order valence-corrected chi connectivity index (χ4v) is 1.28. The van der Waals surface area contributed by atoms with Gasteiger partial charge in [0.05, 0.1) is 13.1 Å². The summed E-state index contributed by atoms with van der Waals surface area (Å²) in [5.41, 5.74) is 0. The van der Waals surface area contributed by atoms with Crippen molar-refractivity contribution in [3.05, 3.63) is 0 Å². The first-order chi connectivity index (χ1) is 8.24. The largest absolute Gasteiger partial charge is 0.480 e. The number of nitrogens with one attached hydrogen (secondary N) is 1. The normalized spacial score (nSPS) is 11.6. The summed E-state index contributed by atoms with van der Waals surface area (Å²) < 4.78 is 36.7. The number of carbonyl (C=O) groups is 2. The molecular weight excluding hydrogens is 253 g/mol. The number of carboxylic acid groups (broad SMARTS) is 1. The van der Waals surface area contributed by atoms with E-state index in [2.05, 4.69) is 0 Å². The van der Waals surface area contributed by atoms with E-state index >= 15 is 0 Å². The Kier molecular flexibility index (Phi) is 7.33. The van der Waals surface area contributed by atoms with Gasteiger partial charge in [0.2, 0.25) is 5.91 Å². The molecule has 0 heterocycles. The maximum atomic E-state index is 12.2. The van der Waals surface area contributed by atoms with E-state index in [0.29, 0.717) is 12.8 Å². The standard InChI is InChI=1S/C10H17F3N2O3/c1-2-3-4-15(7-10(11,12)13)6-8(16)14-5-9(17)18/h2-7H2,1H3,(H,14,16)(H,17,18). The van der Waals surface area contributed by atoms with Gasteiger partial charge in [-0.25, -0.2) is 0 Å². The average Bonchev–Trinajstić information content (AvgIpc) is 2.21. The molecule has 106 valence electrons. The molecule has 8 heteroatoms. The Bertz CT molecular complexity index is 282. The topological polar surface area (TPSA) is 69.6 Å². The molecule has 1 amide bonds. The van der Waals surface area contributed by atoms with E-state index in [9.17, 15) is 22.8 Å². The smallest absolute Gasteiger partial charge is 0.401 e. The number of carboxylic acids is 1. The van der Waals surface area contributed by atoms with Gasteiger partial charge >= 0.3 is 12.1 Å². The van der Waals surface area contributed by atoms with Crippen LogP contribution in [0.15, 0.2) is 0 Å². The van der Waals surface area contributed by atoms with E-state index in [-0.39, 0.29) is 6.54 Å². The molecule has 0 unspecified atom stereocenters. The van der Waals surface area contributed by atoms with Crippen LogP contribution < -0.4 is 5.32 Å². The van der Waals surface area contributed by atoms with Crippen LogP contribution in [0.3, 0.4) is 0 Å². The predicted molar refractivity (Wildman–Crippen MR) is 58.0 cm³/mol. The number of halogens is 3. The molecule has 0 aromatic carbocycles. The van der Waals surface area contributed by atoms with E-state index in [1.807, 2.05) is 12.2 Å². The third kappa shape index (κ3) is 9.88. The molecule has 2 N–H and O–H groups in total. The lowest BCUT2D eigenvalue weighted by Gasteiger charge is -2.22. The number of carbonyl (C=O) groups excluding carboxylic acids is 1. The monoisotopic (exact) mass is 270 g/mol. The lowest BCUT2D eigenvalue weighted by Crippen LogP contribution is -2.43. The fourth-order valence-electron chi connectivity index (χ4n) is 1.28. The zero-order chi connectivity index (χ0) is 14.2. The van der Waals surface area contributed by atoms with Crippen molar-refractivity contribution in [1.29, 1.82) is 0 Å². The van der Waals surface area contributed by atoms with Crippen LogP contribution in [0, 0.1) is 0 Å². The number of rotatable bonds is 8. The highest BCUT2D eigenvalue weighted by Crippen LogP contribution is 2.16. The molecule has 5 nitrogen and oxygen atoms in total. The van der Waals surface area contributed by atoms with Gasteiger partial charge in [-0.15, -0.1) is 0 Å². The molecule has 0 atom stereocenters. The van der Waals surface area contributed by atoms with Crippen molar-refractivity contribution in [2.75, 3.05) is 26.2 Å². The van der Waals surface area contributed by atoms with Crippen molar-refractivity contribution < 1.29 is 27.9 Å². The minimum atomic E-state index is -4.37. The van der Waals surface area contributed by atoms with Crippen LogP contribution >= 0.6 is 0 Å². The Hall–Kier alpha value is -1.31. The number of nitrogens with zero attached hydrogens (tertiary/aromatic N) is 1. The summed E-state index contributed by atoms with van der Waals surface area (Å²) in [5.74, 6) is -1.96. The molecule has 0 aliphatic heterocycles. The minimum absolute atomic E-state index is 0.149. The number of hydrogen-bond acceptors (Lipinski definition) is 3. The summed E-state index contributed by atoms with van der Waals surface area (Å²) in [6.45, 7) is -0.237. The second kappa shape index (κ2) is 7.91. The van der Waals surface area contributed by atoms with Gasteiger partial charge in [0.15, 0.2) is 0 Å². The lowest BCUT2D eigenvalue weighted by molar-refractivity contribution is -0.149. The van der Waals surface area contributed by atoms with Crippen molar-refractivity contribution in [1.82, 2.24) is 10.2 Å². The molecule has 0 fully saturated rings. The molecule has 0 aromatic heterocycles. The van der Waals surface area contributed by atoms with Gasteiger partial charge in [-0.3, -0.25) is 14.5 Å². The first-order valence-electron chi connectivity index (χ1n) is 5.52. The van der Waals surface area contributed by atoms with Crippen LogP contribution in [0.4, 0.5) is 13.2 Å². The predicted octanol–water partition coefficient (Wildman–Crippen LogP) is 0.852. The molecule has 0 spiro atoms.